The molecule has 0 amide bonds. The maximum absolute atomic E-state index is 12.6. The van der Waals surface area contributed by atoms with Crippen molar-refractivity contribution in [2.24, 2.45) is 34.5 Å². The Labute approximate surface area is 201 Å². The first-order valence-corrected chi connectivity index (χ1v) is 12.8. The summed E-state index contributed by atoms with van der Waals surface area (Å²) in [5.74, 6) is -1.20. The number of rotatable bonds is 6. The normalized spacial score (nSPS) is 61.7. The SMILES string of the molecule is CCN1C[C@]2(COC)C(O)CC(OC)[C@@]34[C@@H]5C[C@]6(O)C(OC)C[C@@](O)([C@H]5C6O)[C@@H](C(OC)[C@H]23)[C@@H]14. The molecule has 1 heterocycles. The molecular weight excluding hydrogens is 442 g/mol. The summed E-state index contributed by atoms with van der Waals surface area (Å²) in [5, 5.41) is 47.6. The Kier molecular flexibility index (Phi) is 5.19. The third-order valence-corrected chi connectivity index (χ3v) is 11.6. The molecule has 6 fully saturated rings. The first-order chi connectivity index (χ1) is 16.2. The Morgan fingerprint density at radius 3 is 2.21 bits per heavy atom. The van der Waals surface area contributed by atoms with Gasteiger partial charge >= 0.3 is 0 Å². The van der Waals surface area contributed by atoms with Gasteiger partial charge in [0.25, 0.3) is 0 Å². The van der Waals surface area contributed by atoms with Crippen molar-refractivity contribution in [3.8, 4) is 0 Å². The molecule has 34 heavy (non-hydrogen) atoms. The van der Waals surface area contributed by atoms with Crippen LogP contribution in [-0.4, -0.2) is 121 Å². The van der Waals surface area contributed by atoms with Crippen molar-refractivity contribution in [3.05, 3.63) is 0 Å². The second-order valence-electron chi connectivity index (χ2n) is 12.0. The number of hydrogen-bond donors (Lipinski definition) is 4. The molecule has 4 N–H and O–H groups in total. The van der Waals surface area contributed by atoms with Crippen LogP contribution in [0, 0.1) is 34.5 Å². The lowest BCUT2D eigenvalue weighted by Gasteiger charge is -2.70. The Balaban J connectivity index is 1.66. The molecule has 9 heteroatoms. The average molecular weight is 484 g/mol. The van der Waals surface area contributed by atoms with E-state index in [2.05, 4.69) is 11.8 Å². The second-order valence-corrected chi connectivity index (χ2v) is 12.0. The Hall–Kier alpha value is -0.360. The highest BCUT2D eigenvalue weighted by Gasteiger charge is 2.89. The molecule has 0 aromatic heterocycles. The third kappa shape index (κ3) is 2.26. The first kappa shape index (κ1) is 24.0. The lowest BCUT2D eigenvalue weighted by atomic mass is 9.42. The fourth-order valence-electron chi connectivity index (χ4n) is 10.9. The molecule has 0 aromatic rings. The van der Waals surface area contributed by atoms with E-state index in [0.29, 0.717) is 26.0 Å². The predicted molar refractivity (Wildman–Crippen MR) is 120 cm³/mol. The van der Waals surface area contributed by atoms with E-state index in [1.165, 1.54) is 0 Å². The average Bonchev–Trinajstić information content (AvgIpc) is 3.17. The van der Waals surface area contributed by atoms with Gasteiger partial charge in [-0.15, -0.1) is 0 Å². The number of likely N-dealkylation sites (tertiary alicyclic amines) is 1. The molecule has 1 aliphatic heterocycles. The van der Waals surface area contributed by atoms with Crippen LogP contribution >= 0.6 is 0 Å². The number of hydrogen-bond acceptors (Lipinski definition) is 9. The smallest absolute Gasteiger partial charge is 0.117 e. The number of methoxy groups -OCH3 is 4. The van der Waals surface area contributed by atoms with E-state index in [-0.39, 0.29) is 42.4 Å². The maximum atomic E-state index is 12.6. The van der Waals surface area contributed by atoms with Crippen molar-refractivity contribution >= 4 is 0 Å². The fraction of sp³-hybridized carbons (Fsp3) is 1.00. The van der Waals surface area contributed by atoms with Gasteiger partial charge < -0.3 is 39.4 Å². The molecule has 1 spiro atoms. The lowest BCUT2D eigenvalue weighted by molar-refractivity contribution is -0.298. The zero-order valence-corrected chi connectivity index (χ0v) is 20.9. The van der Waals surface area contributed by atoms with Crippen molar-refractivity contribution in [1.82, 2.24) is 4.90 Å². The van der Waals surface area contributed by atoms with Crippen LogP contribution < -0.4 is 0 Å². The van der Waals surface area contributed by atoms with Gasteiger partial charge in [0.1, 0.15) is 5.60 Å². The van der Waals surface area contributed by atoms with E-state index >= 15 is 0 Å². The Bertz CT molecular complexity index is 846. The van der Waals surface area contributed by atoms with Gasteiger partial charge in [0.15, 0.2) is 0 Å². The van der Waals surface area contributed by atoms with Crippen LogP contribution in [0.4, 0.5) is 0 Å². The predicted octanol–water partition coefficient (Wildman–Crippen LogP) is -0.758. The van der Waals surface area contributed by atoms with E-state index in [1.807, 2.05) is 0 Å². The minimum absolute atomic E-state index is 0.0636. The summed E-state index contributed by atoms with van der Waals surface area (Å²) in [6.07, 6.45) is -2.06. The topological polar surface area (TPSA) is 121 Å². The summed E-state index contributed by atoms with van der Waals surface area (Å²) in [7, 11) is 6.61. The van der Waals surface area contributed by atoms with Gasteiger partial charge in [-0.25, -0.2) is 0 Å². The van der Waals surface area contributed by atoms with Gasteiger partial charge in [0.2, 0.25) is 0 Å². The summed E-state index contributed by atoms with van der Waals surface area (Å²) < 4.78 is 24.0. The Morgan fingerprint density at radius 2 is 1.62 bits per heavy atom. The molecule has 6 rings (SSSR count). The lowest BCUT2D eigenvalue weighted by Crippen LogP contribution is -2.78. The molecule has 194 valence electrons. The summed E-state index contributed by atoms with van der Waals surface area (Å²) in [6, 6.07) is -0.0636. The van der Waals surface area contributed by atoms with Crippen LogP contribution in [0.5, 0.6) is 0 Å². The summed E-state index contributed by atoms with van der Waals surface area (Å²) in [6.45, 7) is 3.88. The quantitative estimate of drug-likeness (QED) is 0.386. The third-order valence-electron chi connectivity index (χ3n) is 11.6. The van der Waals surface area contributed by atoms with Crippen LogP contribution in [0.15, 0.2) is 0 Å². The molecule has 6 aliphatic rings. The molecule has 5 aliphatic carbocycles. The van der Waals surface area contributed by atoms with E-state index in [9.17, 15) is 20.4 Å². The number of aliphatic hydroxyl groups is 4. The van der Waals surface area contributed by atoms with Crippen LogP contribution in [0.1, 0.15) is 26.2 Å². The summed E-state index contributed by atoms with van der Waals surface area (Å²) in [5.41, 5.74) is -3.83. The monoisotopic (exact) mass is 483 g/mol. The molecule has 5 saturated carbocycles. The van der Waals surface area contributed by atoms with E-state index < -0.39 is 46.3 Å². The highest BCUT2D eigenvalue weighted by Crippen LogP contribution is 2.79. The number of nitrogens with zero attached hydrogens (tertiary/aromatic N) is 1. The largest absolute Gasteiger partial charge is 0.392 e. The van der Waals surface area contributed by atoms with Gasteiger partial charge in [-0.3, -0.25) is 4.90 Å². The van der Waals surface area contributed by atoms with Crippen LogP contribution in [0.3, 0.4) is 0 Å². The fourth-order valence-corrected chi connectivity index (χ4v) is 10.9. The maximum Gasteiger partial charge on any atom is 0.117 e. The van der Waals surface area contributed by atoms with Crippen molar-refractivity contribution in [3.63, 3.8) is 0 Å². The van der Waals surface area contributed by atoms with Gasteiger partial charge in [0, 0.05) is 82.5 Å². The zero-order chi connectivity index (χ0) is 24.4. The van der Waals surface area contributed by atoms with Crippen LogP contribution in [0.2, 0.25) is 0 Å². The van der Waals surface area contributed by atoms with E-state index in [4.69, 9.17) is 18.9 Å². The van der Waals surface area contributed by atoms with Crippen molar-refractivity contribution in [2.45, 2.75) is 73.9 Å². The molecule has 1 saturated heterocycles. The molecule has 5 unspecified atom stereocenters. The van der Waals surface area contributed by atoms with Crippen LogP contribution in [-0.2, 0) is 18.9 Å². The molecule has 0 radical (unpaired) electrons. The molecule has 14 atom stereocenters. The number of ether oxygens (including phenoxy) is 4. The highest BCUT2D eigenvalue weighted by atomic mass is 16.5. The standard InChI is InChI=1S/C25H41NO8/c1-6-26-10-22(11-31-2)13(27)7-14(32-3)25-12-8-23(29)15(33-4)9-24(30,16(12)21(23)28)17(20(25)26)18(34-5)19(22)25/h12-21,27-30H,6-11H2,1-5H3/t12-,13?,14?,15?,16-,17+,18?,19-,20-,21?,22+,23+,24-,25+/m1/s1. The highest BCUT2D eigenvalue weighted by molar-refractivity contribution is 5.38. The van der Waals surface area contributed by atoms with Crippen molar-refractivity contribution < 1.29 is 39.4 Å². The summed E-state index contributed by atoms with van der Waals surface area (Å²) in [4.78, 5) is 2.39. The van der Waals surface area contributed by atoms with Gasteiger partial charge in [-0.05, 0) is 18.9 Å². The van der Waals surface area contributed by atoms with E-state index in [1.54, 1.807) is 28.4 Å². The molecular formula is C25H41NO8. The molecule has 0 aromatic carbocycles. The molecule has 9 nitrogen and oxygen atoms in total. The number of fused-ring (bicyclic) bond motifs is 2. The minimum Gasteiger partial charge on any atom is -0.392 e. The second kappa shape index (κ2) is 7.36. The number of aliphatic hydroxyl groups excluding tert-OH is 2. The van der Waals surface area contributed by atoms with Gasteiger partial charge in [0.05, 0.1) is 42.7 Å². The van der Waals surface area contributed by atoms with Gasteiger partial charge in [-0.1, -0.05) is 6.92 Å². The van der Waals surface area contributed by atoms with Crippen molar-refractivity contribution in [1.29, 1.82) is 0 Å². The van der Waals surface area contributed by atoms with Crippen LogP contribution in [0.25, 0.3) is 0 Å². The zero-order valence-electron chi connectivity index (χ0n) is 20.9. The minimum atomic E-state index is -1.43. The number of piperidine rings is 1. The van der Waals surface area contributed by atoms with Gasteiger partial charge in [-0.2, -0.15) is 0 Å². The van der Waals surface area contributed by atoms with E-state index in [0.717, 1.165) is 6.54 Å². The first-order valence-electron chi connectivity index (χ1n) is 12.8. The van der Waals surface area contributed by atoms with Crippen molar-refractivity contribution in [2.75, 3.05) is 48.1 Å². The molecule has 7 bridgehead atoms. The summed E-state index contributed by atoms with van der Waals surface area (Å²) >= 11 is 0. The Morgan fingerprint density at radius 1 is 0.912 bits per heavy atom.